The zero-order chi connectivity index (χ0) is 19.2. The molecule has 3 saturated carbocycles. The minimum absolute atomic E-state index is 0.0136. The maximum absolute atomic E-state index is 11.9. The Labute approximate surface area is 148 Å². The molecule has 1 aromatic carbocycles. The van der Waals surface area contributed by atoms with Crippen molar-refractivity contribution >= 4 is 23.9 Å². The predicted molar refractivity (Wildman–Crippen MR) is 74.8 cm³/mol. The largest absolute Gasteiger partial charge is 0.550 e. The smallest absolute Gasteiger partial charge is 0.0461 e. The van der Waals surface area contributed by atoms with E-state index in [9.17, 15) is 39.6 Å². The van der Waals surface area contributed by atoms with Crippen LogP contribution in [0.1, 0.15) is 18.4 Å². The van der Waals surface area contributed by atoms with Crippen LogP contribution in [0.3, 0.4) is 0 Å². The Hall–Kier alpha value is -2.90. The molecule has 0 heterocycles. The predicted octanol–water partition coefficient (Wildman–Crippen LogP) is -4.19. The summed E-state index contributed by atoms with van der Waals surface area (Å²) in [5.74, 6) is -15.2. The van der Waals surface area contributed by atoms with Crippen LogP contribution < -0.4 is 20.4 Å². The Bertz CT molecular complexity index is 731. The van der Waals surface area contributed by atoms with Crippen LogP contribution in [0.4, 0.5) is 0 Å². The normalized spacial score (nSPS) is 35.6. The number of aliphatic carboxylic acids is 4. The van der Waals surface area contributed by atoms with E-state index >= 15 is 0 Å². The van der Waals surface area contributed by atoms with E-state index in [-0.39, 0.29) is 18.4 Å². The van der Waals surface area contributed by atoms with Crippen LogP contribution in [0, 0.1) is 29.6 Å². The van der Waals surface area contributed by atoms with Gasteiger partial charge in [0.2, 0.25) is 0 Å². The van der Waals surface area contributed by atoms with Gasteiger partial charge in [-0.15, -0.1) is 0 Å². The molecule has 6 atom stereocenters. The molecule has 1 aromatic rings. The van der Waals surface area contributed by atoms with Gasteiger partial charge in [-0.3, -0.25) is 0 Å². The van der Waals surface area contributed by atoms with Crippen molar-refractivity contribution in [1.29, 1.82) is 0 Å². The van der Waals surface area contributed by atoms with Gasteiger partial charge in [0.25, 0.3) is 0 Å². The van der Waals surface area contributed by atoms with Crippen LogP contribution in [0.2, 0.25) is 0 Å². The Morgan fingerprint density at radius 2 is 1.23 bits per heavy atom. The van der Waals surface area contributed by atoms with Gasteiger partial charge in [-0.05, 0) is 24.3 Å². The second-order valence-corrected chi connectivity index (χ2v) is 6.89. The molecular weight excluding hydrogens is 344 g/mol. The van der Waals surface area contributed by atoms with Crippen molar-refractivity contribution in [2.24, 2.45) is 29.6 Å². The van der Waals surface area contributed by atoms with Crippen LogP contribution in [-0.2, 0) is 24.6 Å². The van der Waals surface area contributed by atoms with Crippen molar-refractivity contribution in [3.8, 4) is 0 Å². The lowest BCUT2D eigenvalue weighted by Crippen LogP contribution is -2.72. The highest BCUT2D eigenvalue weighted by atomic mass is 16.4. The van der Waals surface area contributed by atoms with E-state index in [0.717, 1.165) is 0 Å². The number of carbonyl (C=O) groups is 4. The summed E-state index contributed by atoms with van der Waals surface area (Å²) in [6, 6.07) is 7.59. The van der Waals surface area contributed by atoms with Gasteiger partial charge in [0.1, 0.15) is 0 Å². The quantitative estimate of drug-likeness (QED) is 0.512. The molecule has 0 radical (unpaired) electrons. The Morgan fingerprint density at radius 3 is 1.62 bits per heavy atom. The molecule has 3 aliphatic rings. The van der Waals surface area contributed by atoms with Crippen LogP contribution in [0.5, 0.6) is 0 Å². The van der Waals surface area contributed by atoms with Gasteiger partial charge in [-0.2, -0.15) is 0 Å². The standard InChI is InChI=1S/C18H18O8/c19-14(20)10-9-6-7-18(12(10)16(23)24,8-4-2-1-3-5-8)13(17(25)26)11(9)15(21)22/h1-5,9-13H,6-7H2,(H,19,20)(H,21,22)(H,23,24)(H,25,26)/p-4/t9?,10-,11-,12-,13+,18?/m0/s1. The summed E-state index contributed by atoms with van der Waals surface area (Å²) in [6.45, 7) is 0. The van der Waals surface area contributed by atoms with Gasteiger partial charge in [0, 0.05) is 53.0 Å². The van der Waals surface area contributed by atoms with E-state index in [4.69, 9.17) is 0 Å². The molecule has 138 valence electrons. The summed E-state index contributed by atoms with van der Waals surface area (Å²) >= 11 is 0. The molecule has 8 heteroatoms. The van der Waals surface area contributed by atoms with Crippen LogP contribution in [0.15, 0.2) is 30.3 Å². The first-order valence-electron chi connectivity index (χ1n) is 8.12. The lowest BCUT2D eigenvalue weighted by Gasteiger charge is -2.64. The first-order chi connectivity index (χ1) is 12.2. The van der Waals surface area contributed by atoms with E-state index in [1.54, 1.807) is 6.07 Å². The summed E-state index contributed by atoms with van der Waals surface area (Å²) < 4.78 is 0. The first-order valence-corrected chi connectivity index (χ1v) is 8.12. The summed E-state index contributed by atoms with van der Waals surface area (Å²) in [7, 11) is 0. The van der Waals surface area contributed by atoms with Crippen molar-refractivity contribution in [2.45, 2.75) is 18.3 Å². The zero-order valence-corrected chi connectivity index (χ0v) is 13.5. The van der Waals surface area contributed by atoms with E-state index in [0.29, 0.717) is 0 Å². The molecule has 2 bridgehead atoms. The average molecular weight is 358 g/mol. The molecule has 26 heavy (non-hydrogen) atoms. The van der Waals surface area contributed by atoms with Crippen molar-refractivity contribution in [1.82, 2.24) is 0 Å². The molecule has 4 rings (SSSR count). The summed E-state index contributed by atoms with van der Waals surface area (Å²) in [5, 5.41) is 47.2. The number of hydrogen-bond donors (Lipinski definition) is 0. The van der Waals surface area contributed by atoms with Gasteiger partial charge in [-0.1, -0.05) is 30.3 Å². The molecule has 3 aliphatic carbocycles. The third kappa shape index (κ3) is 2.28. The van der Waals surface area contributed by atoms with Gasteiger partial charge < -0.3 is 39.6 Å². The Morgan fingerprint density at radius 1 is 0.769 bits per heavy atom. The summed E-state index contributed by atoms with van der Waals surface area (Å²) in [4.78, 5) is 47.2. The van der Waals surface area contributed by atoms with E-state index in [1.807, 2.05) is 0 Å². The number of carbonyl (C=O) groups excluding carboxylic acids is 4. The minimum atomic E-state index is -1.80. The molecule has 0 saturated heterocycles. The summed E-state index contributed by atoms with van der Waals surface area (Å²) in [6.07, 6.45) is -0.00766. The Kier molecular flexibility index (Phi) is 4.21. The minimum Gasteiger partial charge on any atom is -0.550 e. The number of carboxylic acids is 4. The van der Waals surface area contributed by atoms with Gasteiger partial charge >= 0.3 is 0 Å². The molecule has 3 fully saturated rings. The molecule has 0 amide bonds. The van der Waals surface area contributed by atoms with E-state index in [2.05, 4.69) is 0 Å². The molecular formula is C18H14O8-4. The third-order valence-corrected chi connectivity index (χ3v) is 6.01. The van der Waals surface area contributed by atoms with Crippen molar-refractivity contribution < 1.29 is 39.6 Å². The van der Waals surface area contributed by atoms with E-state index < -0.39 is 58.9 Å². The highest BCUT2D eigenvalue weighted by Crippen LogP contribution is 2.62. The highest BCUT2D eigenvalue weighted by Gasteiger charge is 2.64. The number of hydrogen-bond acceptors (Lipinski definition) is 8. The van der Waals surface area contributed by atoms with Crippen LogP contribution in [-0.4, -0.2) is 23.9 Å². The number of benzene rings is 1. The lowest BCUT2D eigenvalue weighted by atomic mass is 9.41. The third-order valence-electron chi connectivity index (χ3n) is 6.01. The lowest BCUT2D eigenvalue weighted by molar-refractivity contribution is -0.356. The Balaban J connectivity index is 2.34. The van der Waals surface area contributed by atoms with Crippen LogP contribution >= 0.6 is 0 Å². The average Bonchev–Trinajstić information content (AvgIpc) is 2.60. The van der Waals surface area contributed by atoms with Crippen molar-refractivity contribution in [3.05, 3.63) is 35.9 Å². The monoisotopic (exact) mass is 358 g/mol. The maximum atomic E-state index is 11.9. The number of carboxylic acid groups (broad SMARTS) is 4. The molecule has 8 nitrogen and oxygen atoms in total. The van der Waals surface area contributed by atoms with Crippen LogP contribution in [0.25, 0.3) is 0 Å². The van der Waals surface area contributed by atoms with Gasteiger partial charge in [0.05, 0.1) is 0 Å². The molecule has 0 aliphatic heterocycles. The maximum Gasteiger partial charge on any atom is 0.0461 e. The molecule has 2 unspecified atom stereocenters. The second kappa shape index (κ2) is 6.12. The molecule has 0 spiro atoms. The number of rotatable bonds is 5. The fourth-order valence-electron chi connectivity index (χ4n) is 5.22. The SMILES string of the molecule is O=C([O-])[C@@H]1[C@@H](C(=O)[O-])C2CCC1(c1ccccc1)[C@@H](C(=O)[O-])[C@H]2C(=O)[O-]. The van der Waals surface area contributed by atoms with E-state index in [1.165, 1.54) is 24.3 Å². The second-order valence-electron chi connectivity index (χ2n) is 6.89. The number of fused-ring (bicyclic) bond motifs is 3. The van der Waals surface area contributed by atoms with Gasteiger partial charge in [-0.25, -0.2) is 0 Å². The zero-order valence-electron chi connectivity index (χ0n) is 13.5. The molecule has 0 N–H and O–H groups in total. The highest BCUT2D eigenvalue weighted by molar-refractivity contribution is 5.88. The summed E-state index contributed by atoms with van der Waals surface area (Å²) in [5.41, 5.74) is -1.58. The molecule has 0 aromatic heterocycles. The van der Waals surface area contributed by atoms with Crippen molar-refractivity contribution in [3.63, 3.8) is 0 Å². The van der Waals surface area contributed by atoms with Crippen molar-refractivity contribution in [2.75, 3.05) is 0 Å². The van der Waals surface area contributed by atoms with Gasteiger partial charge in [0.15, 0.2) is 0 Å². The fraction of sp³-hybridized carbons (Fsp3) is 0.444. The topological polar surface area (TPSA) is 161 Å². The first kappa shape index (κ1) is 17.9. The fourth-order valence-corrected chi connectivity index (χ4v) is 5.22.